The Balaban J connectivity index is 1.61. The van der Waals surface area contributed by atoms with Gasteiger partial charge in [0.05, 0.1) is 13.2 Å². The SMILES string of the molecule is COc1ccc(N2C(=O)[C@@H](O[C@@H]3C[C@H](C)CC[C@H]3C(C)C)[C@@]23C=CC(=O)O3)cc1. The first-order chi connectivity index (χ1) is 13.9. The quantitative estimate of drug-likeness (QED) is 0.558. The van der Waals surface area contributed by atoms with Gasteiger partial charge in [-0.2, -0.15) is 0 Å². The number of carbonyl (C=O) groups excluding carboxylic acids is 2. The third-order valence-electron chi connectivity index (χ3n) is 6.49. The van der Waals surface area contributed by atoms with Crippen LogP contribution in [0.1, 0.15) is 40.0 Å². The van der Waals surface area contributed by atoms with Crippen molar-refractivity contribution in [3.63, 3.8) is 0 Å². The molecule has 1 aromatic rings. The molecule has 29 heavy (non-hydrogen) atoms. The van der Waals surface area contributed by atoms with E-state index in [0.29, 0.717) is 29.2 Å². The number of ether oxygens (including phenoxy) is 3. The number of hydrogen-bond acceptors (Lipinski definition) is 5. The van der Waals surface area contributed by atoms with Gasteiger partial charge in [-0.1, -0.05) is 27.2 Å². The lowest BCUT2D eigenvalue weighted by atomic mass is 9.75. The molecule has 6 heteroatoms. The summed E-state index contributed by atoms with van der Waals surface area (Å²) in [6.07, 6.45) is 5.39. The van der Waals surface area contributed by atoms with Crippen LogP contribution in [0.3, 0.4) is 0 Å². The molecule has 0 bridgehead atoms. The van der Waals surface area contributed by atoms with Gasteiger partial charge >= 0.3 is 5.97 Å². The minimum atomic E-state index is -1.20. The van der Waals surface area contributed by atoms with Crippen molar-refractivity contribution < 1.29 is 23.8 Å². The van der Waals surface area contributed by atoms with E-state index < -0.39 is 17.8 Å². The zero-order chi connectivity index (χ0) is 20.8. The standard InChI is InChI=1S/C23H29NO5/c1-14(2)18-10-5-15(3)13-19(18)28-21-22(26)24(23(21)12-11-20(25)29-23)16-6-8-17(27-4)9-7-16/h6-9,11-12,14-15,18-19,21H,5,10,13H2,1-4H3/t15-,18+,19-,21-,23+/m1/s1. The number of esters is 1. The van der Waals surface area contributed by atoms with E-state index in [9.17, 15) is 9.59 Å². The Kier molecular flexibility index (Phi) is 5.15. The molecule has 1 amide bonds. The zero-order valence-corrected chi connectivity index (χ0v) is 17.5. The van der Waals surface area contributed by atoms with Gasteiger partial charge in [0.1, 0.15) is 5.75 Å². The molecule has 1 saturated carbocycles. The average Bonchev–Trinajstić information content (AvgIpc) is 3.10. The number of methoxy groups -OCH3 is 1. The molecule has 0 radical (unpaired) electrons. The molecule has 1 saturated heterocycles. The summed E-state index contributed by atoms with van der Waals surface area (Å²) in [6.45, 7) is 6.63. The minimum Gasteiger partial charge on any atom is -0.497 e. The molecule has 2 fully saturated rings. The Bertz CT molecular complexity index is 817. The van der Waals surface area contributed by atoms with Crippen LogP contribution in [0.4, 0.5) is 5.69 Å². The second kappa shape index (κ2) is 7.48. The average molecular weight is 399 g/mol. The molecule has 156 valence electrons. The highest BCUT2D eigenvalue weighted by Crippen LogP contribution is 2.46. The molecule has 1 aliphatic carbocycles. The second-order valence-corrected chi connectivity index (χ2v) is 8.76. The maximum Gasteiger partial charge on any atom is 0.333 e. The van der Waals surface area contributed by atoms with Gasteiger partial charge in [-0.3, -0.25) is 9.69 Å². The molecule has 0 unspecified atom stereocenters. The number of carbonyl (C=O) groups is 2. The van der Waals surface area contributed by atoms with E-state index in [1.54, 1.807) is 37.5 Å². The summed E-state index contributed by atoms with van der Waals surface area (Å²) in [4.78, 5) is 26.6. The van der Waals surface area contributed by atoms with E-state index in [1.165, 1.54) is 17.4 Å². The van der Waals surface area contributed by atoms with Crippen molar-refractivity contribution in [2.75, 3.05) is 12.0 Å². The number of anilines is 1. The first kappa shape index (κ1) is 20.0. The lowest BCUT2D eigenvalue weighted by molar-refractivity contribution is -0.201. The van der Waals surface area contributed by atoms with Crippen LogP contribution in [-0.2, 0) is 19.1 Å². The molecule has 2 heterocycles. The van der Waals surface area contributed by atoms with Crippen LogP contribution >= 0.6 is 0 Å². The predicted molar refractivity (Wildman–Crippen MR) is 108 cm³/mol. The fourth-order valence-electron chi connectivity index (χ4n) is 4.86. The predicted octanol–water partition coefficient (Wildman–Crippen LogP) is 3.70. The van der Waals surface area contributed by atoms with Crippen molar-refractivity contribution in [3.8, 4) is 5.75 Å². The smallest absolute Gasteiger partial charge is 0.333 e. The van der Waals surface area contributed by atoms with E-state index in [1.807, 2.05) is 0 Å². The third-order valence-corrected chi connectivity index (χ3v) is 6.49. The van der Waals surface area contributed by atoms with Gasteiger partial charge in [-0.25, -0.2) is 4.79 Å². The topological polar surface area (TPSA) is 65.1 Å². The maximum absolute atomic E-state index is 13.2. The lowest BCUT2D eigenvalue weighted by Gasteiger charge is -2.53. The fourth-order valence-corrected chi connectivity index (χ4v) is 4.86. The van der Waals surface area contributed by atoms with Crippen molar-refractivity contribution in [3.05, 3.63) is 36.4 Å². The molecular formula is C23H29NO5. The van der Waals surface area contributed by atoms with Crippen LogP contribution < -0.4 is 9.64 Å². The number of hydrogen-bond donors (Lipinski definition) is 0. The summed E-state index contributed by atoms with van der Waals surface area (Å²) in [5.74, 6) is 1.47. The second-order valence-electron chi connectivity index (χ2n) is 8.76. The van der Waals surface area contributed by atoms with E-state index >= 15 is 0 Å². The van der Waals surface area contributed by atoms with Crippen molar-refractivity contribution in [2.45, 2.75) is 58.0 Å². The van der Waals surface area contributed by atoms with Crippen LogP contribution in [0.5, 0.6) is 5.75 Å². The Morgan fingerprint density at radius 3 is 2.48 bits per heavy atom. The monoisotopic (exact) mass is 399 g/mol. The Morgan fingerprint density at radius 2 is 1.90 bits per heavy atom. The number of benzene rings is 1. The van der Waals surface area contributed by atoms with E-state index in [-0.39, 0.29) is 12.0 Å². The van der Waals surface area contributed by atoms with Gasteiger partial charge in [0.2, 0.25) is 11.8 Å². The molecule has 0 aromatic heterocycles. The van der Waals surface area contributed by atoms with Crippen LogP contribution in [0.15, 0.2) is 36.4 Å². The van der Waals surface area contributed by atoms with Crippen LogP contribution in [-0.4, -0.2) is 36.9 Å². The van der Waals surface area contributed by atoms with Crippen molar-refractivity contribution in [1.82, 2.24) is 0 Å². The van der Waals surface area contributed by atoms with E-state index in [4.69, 9.17) is 14.2 Å². The van der Waals surface area contributed by atoms with Gasteiger partial charge in [-0.05, 0) is 60.9 Å². The molecule has 3 aliphatic rings. The van der Waals surface area contributed by atoms with Gasteiger partial charge < -0.3 is 14.2 Å². The molecule has 5 atom stereocenters. The van der Waals surface area contributed by atoms with Crippen LogP contribution in [0, 0.1) is 17.8 Å². The highest BCUT2D eigenvalue weighted by Gasteiger charge is 2.66. The molecule has 0 N–H and O–H groups in total. The molecule has 6 nitrogen and oxygen atoms in total. The van der Waals surface area contributed by atoms with Gasteiger partial charge in [0.15, 0.2) is 0 Å². The van der Waals surface area contributed by atoms with E-state index in [0.717, 1.165) is 12.8 Å². The molecule has 4 rings (SSSR count). The summed E-state index contributed by atoms with van der Waals surface area (Å²) in [5.41, 5.74) is -0.558. The van der Waals surface area contributed by atoms with Gasteiger partial charge in [-0.15, -0.1) is 0 Å². The summed E-state index contributed by atoms with van der Waals surface area (Å²) in [6, 6.07) is 7.13. The minimum absolute atomic E-state index is 0.0182. The molecular weight excluding hydrogens is 370 g/mol. The number of nitrogens with zero attached hydrogens (tertiary/aromatic N) is 1. The molecule has 1 aromatic carbocycles. The normalized spacial score (nSPS) is 33.9. The number of β-lactam (4-membered cyclic amide) rings is 1. The molecule has 1 spiro atoms. The Morgan fingerprint density at radius 1 is 1.17 bits per heavy atom. The highest BCUT2D eigenvalue weighted by atomic mass is 16.6. The summed E-state index contributed by atoms with van der Waals surface area (Å²) < 4.78 is 17.3. The zero-order valence-electron chi connectivity index (χ0n) is 17.5. The van der Waals surface area contributed by atoms with Crippen molar-refractivity contribution in [2.24, 2.45) is 17.8 Å². The molecule has 2 aliphatic heterocycles. The lowest BCUT2D eigenvalue weighted by Crippen LogP contribution is -2.76. The van der Waals surface area contributed by atoms with Gasteiger partial charge in [0.25, 0.3) is 5.91 Å². The summed E-state index contributed by atoms with van der Waals surface area (Å²) in [7, 11) is 1.59. The summed E-state index contributed by atoms with van der Waals surface area (Å²) in [5, 5.41) is 0. The number of amides is 1. The van der Waals surface area contributed by atoms with Crippen molar-refractivity contribution in [1.29, 1.82) is 0 Å². The number of rotatable bonds is 5. The third kappa shape index (κ3) is 3.33. The van der Waals surface area contributed by atoms with Crippen molar-refractivity contribution >= 4 is 17.6 Å². The highest BCUT2D eigenvalue weighted by molar-refractivity contribution is 6.09. The first-order valence-corrected chi connectivity index (χ1v) is 10.4. The fraction of sp³-hybridized carbons (Fsp3) is 0.565. The van der Waals surface area contributed by atoms with Gasteiger partial charge in [0, 0.05) is 11.8 Å². The largest absolute Gasteiger partial charge is 0.497 e. The maximum atomic E-state index is 13.2. The van der Waals surface area contributed by atoms with Crippen LogP contribution in [0.2, 0.25) is 0 Å². The Hall–Kier alpha value is -2.34. The van der Waals surface area contributed by atoms with Crippen LogP contribution in [0.25, 0.3) is 0 Å². The first-order valence-electron chi connectivity index (χ1n) is 10.4. The Labute approximate surface area is 171 Å². The van der Waals surface area contributed by atoms with E-state index in [2.05, 4.69) is 20.8 Å². The summed E-state index contributed by atoms with van der Waals surface area (Å²) >= 11 is 0.